The highest BCUT2D eigenvalue weighted by molar-refractivity contribution is 5.83. The molecular weight excluding hydrogens is 360 g/mol. The summed E-state index contributed by atoms with van der Waals surface area (Å²) in [5.41, 5.74) is 7.41. The number of benzene rings is 2. The standard InChI is InChI=1S/C24H21N4O/c29-18-19-17-28(20-9-3-1-4-10-20,21-11-5-2-6-12-21)27-24(19,22-13-7-15-25-22)23-14-8-16-26-23/h1-18,25-27H/q+1. The highest BCUT2D eigenvalue weighted by atomic mass is 16.1. The van der Waals surface area contributed by atoms with Crippen LogP contribution in [0.5, 0.6) is 0 Å². The van der Waals surface area contributed by atoms with Crippen LogP contribution in [0.1, 0.15) is 11.4 Å². The SMILES string of the molecule is O=CC1=C[N+](c2ccccc2)(c2ccccc2)NC1(c1ccc[nH]1)c1ccc[nH]1. The van der Waals surface area contributed by atoms with Crippen LogP contribution in [0.2, 0.25) is 0 Å². The predicted octanol–water partition coefficient (Wildman–Crippen LogP) is 4.53. The van der Waals surface area contributed by atoms with Crippen LogP contribution >= 0.6 is 0 Å². The average molecular weight is 381 g/mol. The molecular formula is C24H21N4O+. The third kappa shape index (κ3) is 2.52. The van der Waals surface area contributed by atoms with Crippen molar-refractivity contribution in [2.75, 3.05) is 0 Å². The minimum Gasteiger partial charge on any atom is -0.363 e. The second kappa shape index (κ2) is 6.74. The number of nitrogens with zero attached hydrogens (tertiary/aromatic N) is 1. The Labute approximate surface area is 168 Å². The molecule has 5 nitrogen and oxygen atoms in total. The molecule has 29 heavy (non-hydrogen) atoms. The van der Waals surface area contributed by atoms with Crippen LogP contribution in [0.15, 0.2) is 109 Å². The van der Waals surface area contributed by atoms with Crippen molar-refractivity contribution in [1.82, 2.24) is 20.0 Å². The molecule has 2 aromatic heterocycles. The van der Waals surface area contributed by atoms with Crippen molar-refractivity contribution < 1.29 is 4.79 Å². The van der Waals surface area contributed by atoms with E-state index in [-0.39, 0.29) is 4.59 Å². The Bertz CT molecular complexity index is 1060. The zero-order valence-corrected chi connectivity index (χ0v) is 15.7. The second-order valence-electron chi connectivity index (χ2n) is 7.13. The van der Waals surface area contributed by atoms with E-state index in [2.05, 4.69) is 39.7 Å². The van der Waals surface area contributed by atoms with Crippen LogP contribution in [-0.2, 0) is 10.3 Å². The lowest BCUT2D eigenvalue weighted by atomic mass is 9.86. The first-order valence-electron chi connectivity index (χ1n) is 9.55. The van der Waals surface area contributed by atoms with Crippen molar-refractivity contribution in [3.05, 3.63) is 120 Å². The van der Waals surface area contributed by atoms with Gasteiger partial charge in [-0.1, -0.05) is 36.4 Å². The number of para-hydroxylation sites is 2. The fourth-order valence-corrected chi connectivity index (χ4v) is 4.24. The summed E-state index contributed by atoms with van der Waals surface area (Å²) in [4.78, 5) is 19.1. The summed E-state index contributed by atoms with van der Waals surface area (Å²) in [7, 11) is 0. The third-order valence-corrected chi connectivity index (χ3v) is 5.57. The van der Waals surface area contributed by atoms with Gasteiger partial charge in [-0.05, 0) is 24.3 Å². The lowest BCUT2D eigenvalue weighted by Gasteiger charge is -2.36. The van der Waals surface area contributed by atoms with Crippen molar-refractivity contribution in [2.24, 2.45) is 0 Å². The molecule has 1 aliphatic heterocycles. The van der Waals surface area contributed by atoms with Gasteiger partial charge in [-0.3, -0.25) is 4.79 Å². The van der Waals surface area contributed by atoms with E-state index in [9.17, 15) is 4.79 Å². The van der Waals surface area contributed by atoms with Crippen molar-refractivity contribution in [3.63, 3.8) is 0 Å². The summed E-state index contributed by atoms with van der Waals surface area (Å²) in [6.45, 7) is 0. The van der Waals surface area contributed by atoms with Gasteiger partial charge in [-0.15, -0.1) is 5.43 Å². The highest BCUT2D eigenvalue weighted by Crippen LogP contribution is 2.47. The summed E-state index contributed by atoms with van der Waals surface area (Å²) in [6, 6.07) is 28.2. The molecule has 0 aliphatic carbocycles. The van der Waals surface area contributed by atoms with Crippen LogP contribution in [-0.4, -0.2) is 16.3 Å². The number of hydrogen-bond acceptors (Lipinski definition) is 2. The maximum absolute atomic E-state index is 12.4. The van der Waals surface area contributed by atoms with Gasteiger partial charge >= 0.3 is 0 Å². The minimum absolute atomic E-state index is 0.216. The quantitative estimate of drug-likeness (QED) is 0.351. The van der Waals surface area contributed by atoms with E-state index in [1.54, 1.807) is 0 Å². The Kier molecular flexibility index (Phi) is 4.05. The number of aromatic nitrogens is 2. The molecule has 0 spiro atoms. The topological polar surface area (TPSA) is 60.7 Å². The molecule has 0 saturated heterocycles. The smallest absolute Gasteiger partial charge is 0.180 e. The lowest BCUT2D eigenvalue weighted by molar-refractivity contribution is -0.105. The van der Waals surface area contributed by atoms with Gasteiger partial charge in [0.15, 0.2) is 23.2 Å². The van der Waals surface area contributed by atoms with Crippen LogP contribution in [0.25, 0.3) is 0 Å². The summed E-state index contributed by atoms with van der Waals surface area (Å²) in [5.74, 6) is 0. The number of H-pyrrole nitrogens is 2. The molecule has 142 valence electrons. The molecule has 0 saturated carbocycles. The van der Waals surface area contributed by atoms with Gasteiger partial charge in [0.25, 0.3) is 0 Å². The number of carbonyl (C=O) groups excluding carboxylic acids is 1. The molecule has 2 aromatic carbocycles. The van der Waals surface area contributed by atoms with E-state index in [1.165, 1.54) is 0 Å². The Hall–Kier alpha value is -3.67. The molecule has 3 N–H and O–H groups in total. The summed E-state index contributed by atoms with van der Waals surface area (Å²) in [5, 5.41) is 0. The Balaban J connectivity index is 1.82. The molecule has 0 atom stereocenters. The first kappa shape index (κ1) is 17.4. The van der Waals surface area contributed by atoms with Crippen LogP contribution in [0, 0.1) is 0 Å². The van der Waals surface area contributed by atoms with Gasteiger partial charge in [-0.2, -0.15) is 4.59 Å². The Morgan fingerprint density at radius 3 is 1.62 bits per heavy atom. The molecule has 1 aliphatic rings. The van der Waals surface area contributed by atoms with E-state index in [1.807, 2.05) is 79.3 Å². The van der Waals surface area contributed by atoms with Crippen molar-refractivity contribution >= 4 is 17.7 Å². The molecule has 4 aromatic rings. The number of aromatic amines is 2. The summed E-state index contributed by atoms with van der Waals surface area (Å²) >= 11 is 0. The van der Waals surface area contributed by atoms with Crippen molar-refractivity contribution in [1.29, 1.82) is 0 Å². The van der Waals surface area contributed by atoms with Crippen molar-refractivity contribution in [3.8, 4) is 0 Å². The van der Waals surface area contributed by atoms with Gasteiger partial charge in [0.05, 0.1) is 17.0 Å². The van der Waals surface area contributed by atoms with Crippen molar-refractivity contribution in [2.45, 2.75) is 5.54 Å². The molecule has 0 bridgehead atoms. The Morgan fingerprint density at radius 1 is 0.690 bits per heavy atom. The number of aldehydes is 1. The van der Waals surface area contributed by atoms with Gasteiger partial charge in [-0.25, -0.2) is 0 Å². The fourth-order valence-electron chi connectivity index (χ4n) is 4.24. The second-order valence-corrected chi connectivity index (χ2v) is 7.13. The third-order valence-electron chi connectivity index (χ3n) is 5.57. The van der Waals surface area contributed by atoms with Crippen LogP contribution in [0.4, 0.5) is 11.4 Å². The monoisotopic (exact) mass is 381 g/mol. The zero-order valence-electron chi connectivity index (χ0n) is 15.7. The number of hydrogen-bond donors (Lipinski definition) is 3. The van der Waals surface area contributed by atoms with Crippen LogP contribution in [0.3, 0.4) is 0 Å². The molecule has 3 heterocycles. The first-order valence-corrected chi connectivity index (χ1v) is 9.55. The number of rotatable bonds is 5. The van der Waals surface area contributed by atoms with Crippen LogP contribution < -0.4 is 10.0 Å². The molecule has 0 fully saturated rings. The van der Waals surface area contributed by atoms with Gasteiger partial charge in [0, 0.05) is 36.7 Å². The number of carbonyl (C=O) groups is 1. The molecule has 5 heteroatoms. The van der Waals surface area contributed by atoms with Gasteiger partial charge < -0.3 is 9.97 Å². The molecule has 0 amide bonds. The van der Waals surface area contributed by atoms with Gasteiger partial charge in [0.1, 0.15) is 6.20 Å². The van der Waals surface area contributed by atoms with E-state index < -0.39 is 5.54 Å². The zero-order chi connectivity index (χ0) is 19.7. The molecule has 0 unspecified atom stereocenters. The normalized spacial score (nSPS) is 17.0. The maximum Gasteiger partial charge on any atom is 0.180 e. The minimum atomic E-state index is -0.847. The highest BCUT2D eigenvalue weighted by Gasteiger charge is 2.55. The molecule has 0 radical (unpaired) electrons. The molecule has 5 rings (SSSR count). The fraction of sp³-hybridized carbons (Fsp3) is 0.0417. The van der Waals surface area contributed by atoms with Gasteiger partial charge in [0.2, 0.25) is 0 Å². The Morgan fingerprint density at radius 2 is 1.21 bits per heavy atom. The first-order chi connectivity index (χ1) is 14.3. The van der Waals surface area contributed by atoms with E-state index in [0.717, 1.165) is 29.0 Å². The number of nitrogens with one attached hydrogen (secondary N) is 3. The average Bonchev–Trinajstić information content (AvgIpc) is 3.55. The maximum atomic E-state index is 12.4. The van der Waals surface area contributed by atoms with E-state index in [0.29, 0.717) is 5.57 Å². The number of quaternary nitrogens is 1. The largest absolute Gasteiger partial charge is 0.363 e. The lowest BCUT2D eigenvalue weighted by Crippen LogP contribution is -2.57. The van der Waals surface area contributed by atoms with E-state index in [4.69, 9.17) is 0 Å². The predicted molar refractivity (Wildman–Crippen MR) is 114 cm³/mol. The summed E-state index contributed by atoms with van der Waals surface area (Å²) < 4.78 is 0.216. The summed E-state index contributed by atoms with van der Waals surface area (Å²) in [6.07, 6.45) is 6.70. The van der Waals surface area contributed by atoms with E-state index >= 15 is 0 Å².